The van der Waals surface area contributed by atoms with Crippen molar-refractivity contribution in [2.75, 3.05) is 26.7 Å². The van der Waals surface area contributed by atoms with Crippen LogP contribution in [0.3, 0.4) is 0 Å². The number of esters is 3. The molecule has 2 N–H and O–H groups in total. The van der Waals surface area contributed by atoms with Crippen molar-refractivity contribution in [3.05, 3.63) is 71.8 Å². The van der Waals surface area contributed by atoms with E-state index in [1.165, 1.54) is 12.0 Å². The number of carbonyl (C=O) groups excluding carboxylic acids is 3. The summed E-state index contributed by atoms with van der Waals surface area (Å²) in [4.78, 5) is 39.4. The fraction of sp³-hybridized carbons (Fsp3) is 0.423. The first-order valence-electron chi connectivity index (χ1n) is 12.0. The van der Waals surface area contributed by atoms with E-state index in [0.29, 0.717) is 25.8 Å². The lowest BCUT2D eigenvalue weighted by atomic mass is 9.89. The second kappa shape index (κ2) is 16.5. The van der Waals surface area contributed by atoms with Gasteiger partial charge in [0.05, 0.1) is 20.2 Å². The number of unbranched alkanes of at least 4 members (excludes halogenated alkanes) is 1. The van der Waals surface area contributed by atoms with Gasteiger partial charge < -0.3 is 24.5 Å². The monoisotopic (exact) mass is 498 g/mol. The second-order valence-corrected chi connectivity index (χ2v) is 8.36. The highest BCUT2D eigenvalue weighted by Gasteiger charge is 2.30. The molecule has 2 aromatic rings. The molecule has 0 heterocycles. The predicted molar refractivity (Wildman–Crippen MR) is 136 cm³/mol. The van der Waals surface area contributed by atoms with Gasteiger partial charge in [-0.3, -0.25) is 19.3 Å². The molecule has 1 unspecified atom stereocenters. The van der Waals surface area contributed by atoms with Gasteiger partial charge in [0.15, 0.2) is 0 Å². The molecule has 9 nitrogen and oxygen atoms in total. The van der Waals surface area contributed by atoms with Crippen molar-refractivity contribution in [2.45, 2.75) is 45.3 Å². The largest absolute Gasteiger partial charge is 0.468 e. The number of ether oxygens (including phenoxy) is 3. The van der Waals surface area contributed by atoms with Crippen LogP contribution in [-0.2, 0) is 41.8 Å². The van der Waals surface area contributed by atoms with Crippen LogP contribution in [0.5, 0.6) is 0 Å². The molecule has 0 amide bonds. The first kappa shape index (κ1) is 29.0. The van der Waals surface area contributed by atoms with Gasteiger partial charge in [-0.25, -0.2) is 0 Å². The zero-order valence-corrected chi connectivity index (χ0v) is 20.9. The average molecular weight is 498 g/mol. The summed E-state index contributed by atoms with van der Waals surface area (Å²) in [5, 5.41) is 12.2. The van der Waals surface area contributed by atoms with Gasteiger partial charge in [0.2, 0.25) is 0 Å². The molecular formula is C26H35BN2O7. The molecule has 2 rings (SSSR count). The Balaban J connectivity index is 2.04. The number of hydrogen-bond acceptors (Lipinski definition) is 9. The van der Waals surface area contributed by atoms with Crippen LogP contribution < -0.4 is 5.23 Å². The van der Waals surface area contributed by atoms with Crippen LogP contribution in [0.25, 0.3) is 0 Å². The van der Waals surface area contributed by atoms with E-state index in [9.17, 15) is 19.4 Å². The lowest BCUT2D eigenvalue weighted by Gasteiger charge is -2.28. The maximum Gasteiger partial charge on any atom is 0.373 e. The van der Waals surface area contributed by atoms with E-state index in [2.05, 4.69) is 5.23 Å². The van der Waals surface area contributed by atoms with Gasteiger partial charge in [-0.2, -0.15) is 0 Å². The first-order valence-corrected chi connectivity index (χ1v) is 12.0. The van der Waals surface area contributed by atoms with E-state index in [1.54, 1.807) is 6.82 Å². The molecule has 0 spiro atoms. The molecule has 0 aliphatic rings. The average Bonchev–Trinajstić information content (AvgIpc) is 2.88. The molecule has 0 fully saturated rings. The molecule has 0 radical (unpaired) electrons. The van der Waals surface area contributed by atoms with Crippen molar-refractivity contribution in [1.82, 2.24) is 10.1 Å². The second-order valence-electron chi connectivity index (χ2n) is 8.36. The smallest absolute Gasteiger partial charge is 0.373 e. The lowest BCUT2D eigenvalue weighted by Crippen LogP contribution is -2.47. The Bertz CT molecular complexity index is 871. The minimum absolute atomic E-state index is 0.0832. The Morgan fingerprint density at radius 3 is 1.83 bits per heavy atom. The summed E-state index contributed by atoms with van der Waals surface area (Å²) in [5.41, 5.74) is 1.66. The van der Waals surface area contributed by atoms with Crippen LogP contribution in [0, 0.1) is 0 Å². The number of hydrogen-bond donors (Lipinski definition) is 2. The highest BCUT2D eigenvalue weighted by atomic mass is 16.5. The van der Waals surface area contributed by atoms with Crippen molar-refractivity contribution < 1.29 is 33.6 Å². The molecule has 36 heavy (non-hydrogen) atoms. The predicted octanol–water partition coefficient (Wildman–Crippen LogP) is 2.19. The summed E-state index contributed by atoms with van der Waals surface area (Å²) in [6.45, 7) is 1.79. The number of nitrogens with zero attached hydrogens (tertiary/aromatic N) is 1. The molecule has 2 aromatic carbocycles. The molecule has 10 heteroatoms. The molecule has 0 saturated heterocycles. The van der Waals surface area contributed by atoms with Crippen molar-refractivity contribution in [3.63, 3.8) is 0 Å². The Morgan fingerprint density at radius 1 is 0.889 bits per heavy atom. The van der Waals surface area contributed by atoms with Crippen LogP contribution in [-0.4, -0.2) is 67.7 Å². The maximum atomic E-state index is 12.6. The van der Waals surface area contributed by atoms with Gasteiger partial charge in [0, 0.05) is 0 Å². The molecule has 0 aliphatic heterocycles. The fourth-order valence-corrected chi connectivity index (χ4v) is 3.53. The third-order valence-electron chi connectivity index (χ3n) is 5.41. The van der Waals surface area contributed by atoms with Gasteiger partial charge in [-0.1, -0.05) is 67.1 Å². The van der Waals surface area contributed by atoms with Crippen LogP contribution in [0.15, 0.2) is 60.7 Å². The van der Waals surface area contributed by atoms with Crippen molar-refractivity contribution in [1.29, 1.82) is 0 Å². The lowest BCUT2D eigenvalue weighted by molar-refractivity contribution is -0.156. The highest BCUT2D eigenvalue weighted by Crippen LogP contribution is 2.13. The number of benzene rings is 2. The van der Waals surface area contributed by atoms with Crippen LogP contribution in [0.2, 0.25) is 6.82 Å². The summed E-state index contributed by atoms with van der Waals surface area (Å²) >= 11 is 0. The maximum absolute atomic E-state index is 12.6. The van der Waals surface area contributed by atoms with Crippen molar-refractivity contribution in [3.8, 4) is 0 Å². The minimum Gasteiger partial charge on any atom is -0.468 e. The highest BCUT2D eigenvalue weighted by molar-refractivity contribution is 6.45. The van der Waals surface area contributed by atoms with E-state index in [4.69, 9.17) is 14.2 Å². The van der Waals surface area contributed by atoms with Gasteiger partial charge in [0.25, 0.3) is 0 Å². The quantitative estimate of drug-likeness (QED) is 0.156. The molecule has 0 bridgehead atoms. The summed E-state index contributed by atoms with van der Waals surface area (Å²) in [7, 11) is 0.640. The summed E-state index contributed by atoms with van der Waals surface area (Å²) in [6.07, 6.45) is 1.64. The number of methoxy groups -OCH3 is 1. The Hall–Kier alpha value is -3.21. The zero-order chi connectivity index (χ0) is 26.2. The topological polar surface area (TPSA) is 114 Å². The van der Waals surface area contributed by atoms with E-state index < -0.39 is 31.0 Å². The molecular weight excluding hydrogens is 463 g/mol. The standard InChI is InChI=1S/C26H35BN2O7/c1-27(33)28-16-10-9-15-23(26(32)34-2)29(17-24(30)35-19-21-11-5-3-6-12-21)18-25(31)36-20-22-13-7-4-8-14-22/h3-8,11-14,23,28,33H,9-10,15-20H2,1-2H3. The zero-order valence-electron chi connectivity index (χ0n) is 20.9. The Morgan fingerprint density at radius 2 is 1.39 bits per heavy atom. The SMILES string of the molecule is COC(=O)C(CCCCNB(C)O)N(CC(=O)OCc1ccccc1)CC(=O)OCc1ccccc1. The van der Waals surface area contributed by atoms with E-state index in [-0.39, 0.29) is 26.3 Å². The van der Waals surface area contributed by atoms with Gasteiger partial charge in [-0.05, 0) is 37.3 Å². The van der Waals surface area contributed by atoms with E-state index >= 15 is 0 Å². The number of carbonyl (C=O) groups is 3. The molecule has 0 aliphatic carbocycles. The van der Waals surface area contributed by atoms with Gasteiger partial charge in [-0.15, -0.1) is 0 Å². The number of nitrogens with one attached hydrogen (secondary N) is 1. The third kappa shape index (κ3) is 11.5. The Labute approximate surface area is 212 Å². The fourth-order valence-electron chi connectivity index (χ4n) is 3.53. The van der Waals surface area contributed by atoms with Crippen LogP contribution in [0.4, 0.5) is 0 Å². The van der Waals surface area contributed by atoms with Crippen molar-refractivity contribution >= 4 is 25.0 Å². The summed E-state index contributed by atoms with van der Waals surface area (Å²) < 4.78 is 15.7. The third-order valence-corrected chi connectivity index (χ3v) is 5.41. The van der Waals surface area contributed by atoms with E-state index in [1.807, 2.05) is 60.7 Å². The van der Waals surface area contributed by atoms with Crippen LogP contribution >= 0.6 is 0 Å². The normalized spacial score (nSPS) is 11.6. The molecule has 194 valence electrons. The first-order chi connectivity index (χ1) is 17.4. The summed E-state index contributed by atoms with van der Waals surface area (Å²) in [5.74, 6) is -1.69. The molecule has 0 saturated carbocycles. The molecule has 0 aromatic heterocycles. The van der Waals surface area contributed by atoms with Gasteiger partial charge in [0.1, 0.15) is 19.3 Å². The van der Waals surface area contributed by atoms with Crippen LogP contribution in [0.1, 0.15) is 30.4 Å². The molecule has 1 atom stereocenters. The Kier molecular flexibility index (Phi) is 13.3. The number of rotatable bonds is 16. The minimum atomic E-state index is -0.838. The van der Waals surface area contributed by atoms with Crippen molar-refractivity contribution in [2.24, 2.45) is 0 Å². The van der Waals surface area contributed by atoms with E-state index in [0.717, 1.165) is 11.1 Å². The summed E-state index contributed by atoms with van der Waals surface area (Å²) in [6, 6.07) is 17.6. The van der Waals surface area contributed by atoms with Gasteiger partial charge >= 0.3 is 25.0 Å².